The third-order valence-electron chi connectivity index (χ3n) is 6.05. The third kappa shape index (κ3) is 13.1. The molecule has 0 N–H and O–H groups in total. The average molecular weight is 581 g/mol. The van der Waals surface area contributed by atoms with Crippen LogP contribution in [0.15, 0.2) is 130 Å². The minimum absolute atomic E-state index is 0. The zero-order valence-corrected chi connectivity index (χ0v) is 23.1. The van der Waals surface area contributed by atoms with E-state index in [9.17, 15) is 0 Å². The smallest absolute Gasteiger partial charge is 0.444 e. The van der Waals surface area contributed by atoms with Crippen LogP contribution in [0.4, 0.5) is 0 Å². The van der Waals surface area contributed by atoms with E-state index in [0.29, 0.717) is 0 Å². The molecule has 3 aromatic rings. The Bertz CT molecular complexity index is 1110. The van der Waals surface area contributed by atoms with Crippen molar-refractivity contribution in [1.29, 1.82) is 0 Å². The first-order valence-corrected chi connectivity index (χ1v) is 13.0. The predicted octanol–water partition coefficient (Wildman–Crippen LogP) is 7.88. The fourth-order valence-corrected chi connectivity index (χ4v) is 4.27. The van der Waals surface area contributed by atoms with Gasteiger partial charge in [-0.25, -0.2) is 0 Å². The van der Waals surface area contributed by atoms with Crippen LogP contribution in [-0.2, 0) is 17.1 Å². The summed E-state index contributed by atoms with van der Waals surface area (Å²) in [6, 6.07) is 31.5. The summed E-state index contributed by atoms with van der Waals surface area (Å²) in [5.74, 6) is 0. The van der Waals surface area contributed by atoms with Gasteiger partial charge in [0.25, 0.3) is 0 Å². The Hall–Kier alpha value is -4.19. The second kappa shape index (κ2) is 19.8. The first-order chi connectivity index (χ1) is 19.3. The average Bonchev–Trinajstić information content (AvgIpc) is 2.98. The minimum atomic E-state index is 0. The quantitative estimate of drug-likeness (QED) is 0.111. The molecule has 208 valence electrons. The Morgan fingerprint density at radius 2 is 0.775 bits per heavy atom. The van der Waals surface area contributed by atoms with Crippen LogP contribution < -0.4 is 0 Å². The van der Waals surface area contributed by atoms with E-state index in [1.807, 2.05) is 91.5 Å². The Balaban J connectivity index is 0.00000134. The van der Waals surface area contributed by atoms with E-state index in [2.05, 4.69) is 54.6 Å². The first kappa shape index (κ1) is 32.0. The Morgan fingerprint density at radius 3 is 1.02 bits per heavy atom. The van der Waals surface area contributed by atoms with Crippen molar-refractivity contribution in [3.63, 3.8) is 0 Å². The number of nitrogens with zero attached hydrogens (tertiary/aromatic N) is 4. The second-order valence-electron chi connectivity index (χ2n) is 8.95. The zero-order chi connectivity index (χ0) is 27.4. The van der Waals surface area contributed by atoms with Crippen molar-refractivity contribution in [3.05, 3.63) is 136 Å². The van der Waals surface area contributed by atoms with Crippen LogP contribution in [0, 0.1) is 10.1 Å². The van der Waals surface area contributed by atoms with Crippen LogP contribution >= 0.6 is 0 Å². The van der Waals surface area contributed by atoms with E-state index in [0.717, 1.165) is 24.6 Å². The van der Waals surface area contributed by atoms with Gasteiger partial charge in [-0.15, -0.1) is 5.34 Å². The minimum Gasteiger partial charge on any atom is -0.444 e. The molecule has 6 nitrogen and oxygen atoms in total. The van der Waals surface area contributed by atoms with Crippen molar-refractivity contribution in [2.45, 2.75) is 37.4 Å². The molecule has 0 amide bonds. The number of hydrogen-bond donors (Lipinski definition) is 0. The summed E-state index contributed by atoms with van der Waals surface area (Å²) in [7, 11) is 0. The molecule has 1 aliphatic rings. The molecule has 0 spiro atoms. The van der Waals surface area contributed by atoms with E-state index in [4.69, 9.17) is 25.1 Å². The molecule has 0 radical (unpaired) electrons. The van der Waals surface area contributed by atoms with E-state index < -0.39 is 0 Å². The summed E-state index contributed by atoms with van der Waals surface area (Å²) in [6.45, 7) is 0. The molecule has 1 aliphatic carbocycles. The molecule has 0 unspecified atom stereocenters. The van der Waals surface area contributed by atoms with Gasteiger partial charge in [-0.3, -0.25) is 15.0 Å². The fourth-order valence-electron chi connectivity index (χ4n) is 4.27. The number of hydrogen-bond acceptors (Lipinski definition) is 6. The Labute approximate surface area is 247 Å². The number of rotatable bonds is 9. The van der Waals surface area contributed by atoms with Gasteiger partial charge in [-0.1, -0.05) is 109 Å². The van der Waals surface area contributed by atoms with Gasteiger partial charge in [-0.2, -0.15) is 0 Å². The summed E-state index contributed by atoms with van der Waals surface area (Å²) in [5.41, 5.74) is 3.52. The molecule has 4 rings (SSSR count). The van der Waals surface area contributed by atoms with Gasteiger partial charge >= 0.3 is 17.1 Å². The number of aliphatic imine (C=N–C) groups is 3. The molecule has 0 atom stereocenters. The van der Waals surface area contributed by atoms with Crippen LogP contribution in [-0.4, -0.2) is 36.8 Å². The molecule has 40 heavy (non-hydrogen) atoms. The molecular formula is C33H33CuN4O2. The van der Waals surface area contributed by atoms with Crippen molar-refractivity contribution in [1.82, 2.24) is 0 Å². The standard InChI is InChI=1S/C33H33N3.Cu.HNO2/c1-4-13-28(14-5-1)19-10-22-34-31-25-32(35-23-11-20-29-15-6-2-7-16-29)27-33(26-31)36-24-12-21-30-17-8-3-9-18-30;;2-1-3/h1-24,31-33H,25-27H2;;(H,2,3)/q;+1;/p-1/b19-10+,20-11+,21-12+,34-22?,35-23?,36-24?;;. The van der Waals surface area contributed by atoms with Crippen molar-refractivity contribution in [2.75, 3.05) is 0 Å². The van der Waals surface area contributed by atoms with Gasteiger partial charge in [0.15, 0.2) is 0 Å². The van der Waals surface area contributed by atoms with E-state index in [1.54, 1.807) is 0 Å². The summed E-state index contributed by atoms with van der Waals surface area (Å²) in [4.78, 5) is 22.6. The van der Waals surface area contributed by atoms with Crippen LogP contribution in [0.25, 0.3) is 18.2 Å². The van der Waals surface area contributed by atoms with Gasteiger partial charge in [0.2, 0.25) is 0 Å². The third-order valence-corrected chi connectivity index (χ3v) is 6.05. The first-order valence-electron chi connectivity index (χ1n) is 13.0. The summed E-state index contributed by atoms with van der Waals surface area (Å²) < 4.78 is 0. The second-order valence-corrected chi connectivity index (χ2v) is 8.95. The normalized spacial score (nSPS) is 19.4. The van der Waals surface area contributed by atoms with Crippen molar-refractivity contribution >= 4 is 36.9 Å². The SMILES string of the molecule is C(/C=C/c1ccccc1)=NC1CC(N=C/C=C/c2ccccc2)CC(N=C/C=C/c2ccccc2)C1.O=N[O-].[Cu+]. The van der Waals surface area contributed by atoms with E-state index in [-0.39, 0.29) is 35.2 Å². The monoisotopic (exact) mass is 580 g/mol. The molecule has 0 aliphatic heterocycles. The Morgan fingerprint density at radius 1 is 0.525 bits per heavy atom. The number of allylic oxidation sites excluding steroid dienone is 3. The van der Waals surface area contributed by atoms with Crippen molar-refractivity contribution in [3.8, 4) is 0 Å². The Kier molecular flexibility index (Phi) is 15.9. The van der Waals surface area contributed by atoms with Crippen LogP contribution in [0.2, 0.25) is 0 Å². The van der Waals surface area contributed by atoms with Gasteiger partial charge in [0, 0.05) is 18.6 Å². The molecule has 0 saturated heterocycles. The summed E-state index contributed by atoms with van der Waals surface area (Å²) in [5, 5.41) is 9.00. The maximum absolute atomic E-state index is 8.00. The molecule has 3 aromatic carbocycles. The zero-order valence-electron chi connectivity index (χ0n) is 22.1. The van der Waals surface area contributed by atoms with E-state index in [1.165, 1.54) is 16.7 Å². The van der Waals surface area contributed by atoms with E-state index >= 15 is 0 Å². The van der Waals surface area contributed by atoms with Gasteiger partial charge in [-0.05, 0) is 54.2 Å². The molecule has 1 fully saturated rings. The molecule has 1 saturated carbocycles. The molecule has 0 heterocycles. The summed E-state index contributed by atoms with van der Waals surface area (Å²) in [6.07, 6.45) is 20.9. The topological polar surface area (TPSA) is 89.6 Å². The molecule has 0 aromatic heterocycles. The van der Waals surface area contributed by atoms with Crippen molar-refractivity contribution < 1.29 is 17.1 Å². The largest absolute Gasteiger partial charge is 1.00 e. The number of benzene rings is 3. The summed E-state index contributed by atoms with van der Waals surface area (Å²) >= 11 is 0. The molecular weight excluding hydrogens is 548 g/mol. The fraction of sp³-hybridized carbons (Fsp3) is 0.182. The predicted molar refractivity (Wildman–Crippen MR) is 166 cm³/mol. The van der Waals surface area contributed by atoms with Gasteiger partial charge in [0.1, 0.15) is 0 Å². The van der Waals surface area contributed by atoms with Crippen molar-refractivity contribution in [2.24, 2.45) is 20.3 Å². The van der Waals surface area contributed by atoms with Crippen LogP contribution in [0.5, 0.6) is 0 Å². The van der Waals surface area contributed by atoms with Crippen LogP contribution in [0.1, 0.15) is 36.0 Å². The van der Waals surface area contributed by atoms with Crippen LogP contribution in [0.3, 0.4) is 0 Å². The molecule has 0 bridgehead atoms. The maximum atomic E-state index is 8.00. The van der Waals surface area contributed by atoms with Gasteiger partial charge in [0.05, 0.1) is 18.1 Å². The maximum Gasteiger partial charge on any atom is 1.00 e. The molecule has 7 heteroatoms. The van der Waals surface area contributed by atoms with Gasteiger partial charge < -0.3 is 10.1 Å².